The lowest BCUT2D eigenvalue weighted by Crippen LogP contribution is -2.26. The van der Waals surface area contributed by atoms with Crippen LogP contribution < -0.4 is 4.90 Å². The Labute approximate surface area is 193 Å². The second-order valence-corrected chi connectivity index (χ2v) is 8.64. The van der Waals surface area contributed by atoms with Crippen molar-refractivity contribution >= 4 is 16.9 Å². The van der Waals surface area contributed by atoms with Crippen molar-refractivity contribution in [3.8, 4) is 17.2 Å². The van der Waals surface area contributed by atoms with Gasteiger partial charge in [0.15, 0.2) is 0 Å². The van der Waals surface area contributed by atoms with Crippen LogP contribution in [0.5, 0.6) is 0 Å². The molecule has 0 fully saturated rings. The lowest BCUT2D eigenvalue weighted by molar-refractivity contribution is 0.0980. The molecule has 1 N–H and O–H groups in total. The molecule has 0 saturated heterocycles. The Bertz CT molecular complexity index is 1300. The summed E-state index contributed by atoms with van der Waals surface area (Å²) in [6.07, 6.45) is 6.01. The van der Waals surface area contributed by atoms with Gasteiger partial charge in [0, 0.05) is 48.2 Å². The first-order valence-electron chi connectivity index (χ1n) is 11.2. The SMILES string of the molecule is CCC1CN(c2ccc(C#N)cc2)c2cc(C3=CN(C)C(O)C=C3)ccc2-c2c(C)noc21. The summed E-state index contributed by atoms with van der Waals surface area (Å²) < 4.78 is 5.84. The molecule has 6 nitrogen and oxygen atoms in total. The number of nitrogens with zero attached hydrogens (tertiary/aromatic N) is 4. The smallest absolute Gasteiger partial charge is 0.149 e. The molecule has 2 aliphatic heterocycles. The Morgan fingerprint density at radius 2 is 2.00 bits per heavy atom. The highest BCUT2D eigenvalue weighted by Gasteiger charge is 2.32. The number of allylic oxidation sites excluding steroid dienone is 2. The number of aromatic nitrogens is 1. The second kappa shape index (κ2) is 8.27. The molecule has 2 atom stereocenters. The molecule has 6 heteroatoms. The summed E-state index contributed by atoms with van der Waals surface area (Å²) in [5.74, 6) is 1.11. The van der Waals surface area contributed by atoms with Crippen LogP contribution in [-0.2, 0) is 0 Å². The van der Waals surface area contributed by atoms with Gasteiger partial charge in [0.05, 0.1) is 17.3 Å². The average molecular weight is 439 g/mol. The van der Waals surface area contributed by atoms with Crippen LogP contribution in [0, 0.1) is 18.3 Å². The van der Waals surface area contributed by atoms with E-state index in [1.807, 2.05) is 50.5 Å². The molecule has 0 radical (unpaired) electrons. The van der Waals surface area contributed by atoms with Crippen LogP contribution in [-0.4, -0.2) is 35.0 Å². The zero-order valence-corrected chi connectivity index (χ0v) is 19.0. The normalized spacial score (nSPS) is 19.4. The van der Waals surface area contributed by atoms with Crippen molar-refractivity contribution < 1.29 is 9.63 Å². The largest absolute Gasteiger partial charge is 0.370 e. The van der Waals surface area contributed by atoms with E-state index in [0.29, 0.717) is 5.56 Å². The predicted octanol–water partition coefficient (Wildman–Crippen LogP) is 5.33. The molecule has 0 spiro atoms. The number of aliphatic hydroxyl groups excluding tert-OH is 1. The third kappa shape index (κ3) is 3.61. The molecule has 3 aromatic rings. The highest BCUT2D eigenvalue weighted by molar-refractivity contribution is 5.89. The molecule has 5 rings (SSSR count). The van der Waals surface area contributed by atoms with Gasteiger partial charge in [-0.3, -0.25) is 0 Å². The van der Waals surface area contributed by atoms with E-state index in [9.17, 15) is 10.4 Å². The van der Waals surface area contributed by atoms with E-state index in [-0.39, 0.29) is 5.92 Å². The van der Waals surface area contributed by atoms with Crippen molar-refractivity contribution in [2.75, 3.05) is 18.5 Å². The molecule has 3 heterocycles. The summed E-state index contributed by atoms with van der Waals surface area (Å²) in [5.41, 5.74) is 7.88. The standard InChI is InChI=1S/C27H26N4O2/c1-4-19-16-31(22-9-5-18(14-28)6-10-22)24-13-20(21-8-12-25(32)30(3)15-21)7-11-23(24)26-17(2)29-33-27(19)26/h5-13,15,19,25,32H,4,16H2,1-3H3. The van der Waals surface area contributed by atoms with Gasteiger partial charge >= 0.3 is 0 Å². The van der Waals surface area contributed by atoms with Gasteiger partial charge in [-0.2, -0.15) is 5.26 Å². The van der Waals surface area contributed by atoms with E-state index in [1.54, 1.807) is 11.0 Å². The Hall–Kier alpha value is -3.82. The zero-order valence-electron chi connectivity index (χ0n) is 19.0. The summed E-state index contributed by atoms with van der Waals surface area (Å²) in [7, 11) is 1.86. The molecular formula is C27H26N4O2. The summed E-state index contributed by atoms with van der Waals surface area (Å²) in [4.78, 5) is 4.10. The number of likely N-dealkylation sites (N-methyl/N-ethyl adjacent to an activating group) is 1. The van der Waals surface area contributed by atoms with E-state index in [1.165, 1.54) is 0 Å². The van der Waals surface area contributed by atoms with Gasteiger partial charge in [0.2, 0.25) is 0 Å². The molecule has 0 amide bonds. The minimum atomic E-state index is -0.614. The maximum absolute atomic E-state index is 10.0. The van der Waals surface area contributed by atoms with Crippen molar-refractivity contribution in [1.82, 2.24) is 10.1 Å². The van der Waals surface area contributed by atoms with Crippen LogP contribution in [0.4, 0.5) is 11.4 Å². The lowest BCUT2D eigenvalue weighted by Gasteiger charge is -2.29. The Balaban J connectivity index is 1.70. The van der Waals surface area contributed by atoms with Gasteiger partial charge in [-0.15, -0.1) is 0 Å². The number of rotatable bonds is 3. The molecule has 0 saturated carbocycles. The Kier molecular flexibility index (Phi) is 5.27. The monoisotopic (exact) mass is 438 g/mol. The molecule has 2 aliphatic rings. The number of aryl methyl sites for hydroxylation is 1. The fraction of sp³-hybridized carbons (Fsp3) is 0.259. The maximum atomic E-state index is 10.0. The number of nitriles is 1. The van der Waals surface area contributed by atoms with Crippen LogP contribution in [0.25, 0.3) is 16.7 Å². The lowest BCUT2D eigenvalue weighted by atomic mass is 9.94. The van der Waals surface area contributed by atoms with Crippen molar-refractivity contribution in [1.29, 1.82) is 5.26 Å². The topological polar surface area (TPSA) is 76.5 Å². The van der Waals surface area contributed by atoms with Crippen LogP contribution in [0.15, 0.2) is 65.3 Å². The molecule has 2 unspecified atom stereocenters. The van der Waals surface area contributed by atoms with Gasteiger partial charge in [0.1, 0.15) is 12.0 Å². The Morgan fingerprint density at radius 1 is 1.21 bits per heavy atom. The molecule has 2 aromatic carbocycles. The number of aliphatic hydroxyl groups is 1. The number of anilines is 2. The van der Waals surface area contributed by atoms with Crippen LogP contribution >= 0.6 is 0 Å². The van der Waals surface area contributed by atoms with E-state index < -0.39 is 6.23 Å². The van der Waals surface area contributed by atoms with Gasteiger partial charge in [-0.25, -0.2) is 0 Å². The van der Waals surface area contributed by atoms with Crippen molar-refractivity contribution in [2.24, 2.45) is 0 Å². The number of hydrogen-bond acceptors (Lipinski definition) is 6. The molecule has 33 heavy (non-hydrogen) atoms. The first-order valence-corrected chi connectivity index (χ1v) is 11.2. The number of benzene rings is 2. The molecule has 0 aliphatic carbocycles. The van der Waals surface area contributed by atoms with Crippen molar-refractivity contribution in [2.45, 2.75) is 32.4 Å². The molecule has 166 valence electrons. The fourth-order valence-corrected chi connectivity index (χ4v) is 4.65. The minimum Gasteiger partial charge on any atom is -0.370 e. The highest BCUT2D eigenvalue weighted by Crippen LogP contribution is 2.46. The van der Waals surface area contributed by atoms with E-state index in [2.05, 4.69) is 41.2 Å². The van der Waals surface area contributed by atoms with Crippen LogP contribution in [0.1, 0.15) is 41.8 Å². The molecular weight excluding hydrogens is 412 g/mol. The first kappa shape index (κ1) is 21.0. The predicted molar refractivity (Wildman–Crippen MR) is 129 cm³/mol. The summed E-state index contributed by atoms with van der Waals surface area (Å²) in [6.45, 7) is 4.91. The summed E-state index contributed by atoms with van der Waals surface area (Å²) in [6, 6.07) is 16.4. The van der Waals surface area contributed by atoms with Gasteiger partial charge < -0.3 is 19.4 Å². The van der Waals surface area contributed by atoms with E-state index in [0.717, 1.165) is 58.1 Å². The number of hydrogen-bond donors (Lipinski definition) is 1. The minimum absolute atomic E-state index is 0.183. The quantitative estimate of drug-likeness (QED) is 0.596. The summed E-state index contributed by atoms with van der Waals surface area (Å²) >= 11 is 0. The van der Waals surface area contributed by atoms with Crippen LogP contribution in [0.2, 0.25) is 0 Å². The molecule has 0 bridgehead atoms. The van der Waals surface area contributed by atoms with Gasteiger partial charge in [0.25, 0.3) is 0 Å². The van der Waals surface area contributed by atoms with Crippen LogP contribution in [0.3, 0.4) is 0 Å². The highest BCUT2D eigenvalue weighted by atomic mass is 16.5. The number of fused-ring (bicyclic) bond motifs is 3. The van der Waals surface area contributed by atoms with E-state index >= 15 is 0 Å². The maximum Gasteiger partial charge on any atom is 0.149 e. The first-order chi connectivity index (χ1) is 16.0. The van der Waals surface area contributed by atoms with Gasteiger partial charge in [-0.05, 0) is 60.9 Å². The average Bonchev–Trinajstić information content (AvgIpc) is 3.15. The van der Waals surface area contributed by atoms with E-state index in [4.69, 9.17) is 4.52 Å². The second-order valence-electron chi connectivity index (χ2n) is 8.64. The summed E-state index contributed by atoms with van der Waals surface area (Å²) in [5, 5.41) is 23.6. The third-order valence-electron chi connectivity index (χ3n) is 6.56. The molecule has 1 aromatic heterocycles. The fourth-order valence-electron chi connectivity index (χ4n) is 4.65. The van der Waals surface area contributed by atoms with Crippen molar-refractivity contribution in [3.05, 3.63) is 83.4 Å². The van der Waals surface area contributed by atoms with Crippen molar-refractivity contribution in [3.63, 3.8) is 0 Å². The van der Waals surface area contributed by atoms with Gasteiger partial charge in [-0.1, -0.05) is 30.3 Å². The zero-order chi connectivity index (χ0) is 23.1. The third-order valence-corrected chi connectivity index (χ3v) is 6.56. The Morgan fingerprint density at radius 3 is 2.70 bits per heavy atom.